The van der Waals surface area contributed by atoms with E-state index in [0.29, 0.717) is 17.1 Å². The minimum atomic E-state index is -0.227. The number of aliphatic hydroxyl groups excluding tert-OH is 1. The van der Waals surface area contributed by atoms with Crippen LogP contribution in [0.2, 0.25) is 0 Å². The second-order valence-corrected chi connectivity index (χ2v) is 6.21. The van der Waals surface area contributed by atoms with Gasteiger partial charge in [-0.25, -0.2) is 4.98 Å². The zero-order valence-electron chi connectivity index (χ0n) is 14.0. The van der Waals surface area contributed by atoms with E-state index in [1.54, 1.807) is 13.3 Å². The summed E-state index contributed by atoms with van der Waals surface area (Å²) in [4.78, 5) is 11.2. The van der Waals surface area contributed by atoms with Gasteiger partial charge in [-0.3, -0.25) is 0 Å². The number of nitrogens with one attached hydrogen (secondary N) is 1. The van der Waals surface area contributed by atoms with Gasteiger partial charge in [-0.1, -0.05) is 12.1 Å². The lowest BCUT2D eigenvalue weighted by atomic mass is 9.91. The summed E-state index contributed by atoms with van der Waals surface area (Å²) in [5, 5.41) is 20.5. The molecule has 8 nitrogen and oxygen atoms in total. The Morgan fingerprint density at radius 2 is 1.96 bits per heavy atom. The molecule has 1 saturated carbocycles. The molecule has 1 aliphatic rings. The summed E-state index contributed by atoms with van der Waals surface area (Å²) >= 11 is 0. The molecule has 0 saturated heterocycles. The van der Waals surface area contributed by atoms with Crippen LogP contribution in [0, 0.1) is 0 Å². The number of aromatic amines is 1. The Morgan fingerprint density at radius 3 is 2.76 bits per heavy atom. The Kier molecular flexibility index (Phi) is 4.19. The third-order valence-electron chi connectivity index (χ3n) is 4.66. The lowest BCUT2D eigenvalue weighted by Gasteiger charge is -2.36. The van der Waals surface area contributed by atoms with Gasteiger partial charge in [0.25, 0.3) is 0 Å². The number of benzene rings is 1. The van der Waals surface area contributed by atoms with Gasteiger partial charge in [-0.05, 0) is 37.8 Å². The third-order valence-corrected chi connectivity index (χ3v) is 4.66. The van der Waals surface area contributed by atoms with E-state index in [1.807, 2.05) is 24.3 Å². The van der Waals surface area contributed by atoms with Crippen molar-refractivity contribution in [1.29, 1.82) is 0 Å². The van der Waals surface area contributed by atoms with Crippen molar-refractivity contribution in [3.8, 4) is 5.75 Å². The fraction of sp³-hybridized carbons (Fsp3) is 0.412. The van der Waals surface area contributed by atoms with Gasteiger partial charge in [0.15, 0.2) is 0 Å². The summed E-state index contributed by atoms with van der Waals surface area (Å²) in [7, 11) is 1.66. The molecule has 1 aliphatic carbocycles. The molecule has 3 aromatic rings. The maximum Gasteiger partial charge on any atom is 0.232 e. The van der Waals surface area contributed by atoms with Crippen molar-refractivity contribution >= 4 is 22.8 Å². The van der Waals surface area contributed by atoms with Crippen LogP contribution in [0.25, 0.3) is 11.2 Å². The number of methoxy groups -OCH3 is 1. The van der Waals surface area contributed by atoms with Crippen molar-refractivity contribution in [3.63, 3.8) is 0 Å². The number of anilines is 2. The van der Waals surface area contributed by atoms with Gasteiger partial charge in [-0.15, -0.1) is 5.10 Å². The molecule has 8 heteroatoms. The predicted molar refractivity (Wildman–Crippen MR) is 92.9 cm³/mol. The van der Waals surface area contributed by atoms with Crippen LogP contribution in [-0.4, -0.2) is 49.7 Å². The SMILES string of the molecule is COc1ccccc1N(c1ncc2n[nH]nc2n1)C1CCC(O)CC1. The van der Waals surface area contributed by atoms with Crippen LogP contribution in [0.4, 0.5) is 11.6 Å². The molecular weight excluding hydrogens is 320 g/mol. The molecule has 0 atom stereocenters. The number of fused-ring (bicyclic) bond motifs is 1. The first kappa shape index (κ1) is 15.8. The lowest BCUT2D eigenvalue weighted by molar-refractivity contribution is 0.123. The number of aromatic nitrogens is 5. The van der Waals surface area contributed by atoms with Crippen LogP contribution >= 0.6 is 0 Å². The highest BCUT2D eigenvalue weighted by Gasteiger charge is 2.29. The maximum atomic E-state index is 9.87. The van der Waals surface area contributed by atoms with E-state index >= 15 is 0 Å². The molecule has 0 spiro atoms. The van der Waals surface area contributed by atoms with Crippen molar-refractivity contribution in [2.45, 2.75) is 37.8 Å². The molecule has 2 N–H and O–H groups in total. The van der Waals surface area contributed by atoms with Crippen LogP contribution in [-0.2, 0) is 0 Å². The molecule has 0 radical (unpaired) electrons. The molecule has 0 unspecified atom stereocenters. The topological polar surface area (TPSA) is 100 Å². The van der Waals surface area contributed by atoms with Crippen LogP contribution in [0.5, 0.6) is 5.75 Å². The largest absolute Gasteiger partial charge is 0.495 e. The molecule has 2 aromatic heterocycles. The maximum absolute atomic E-state index is 9.87. The standard InChI is InChI=1S/C17H20N6O2/c1-25-15-5-3-2-4-14(15)23(11-6-8-12(24)9-7-11)17-18-10-13-16(19-17)21-22-20-13/h2-5,10-12,24H,6-9H2,1H3,(H,18,19,20,21,22). The fourth-order valence-corrected chi connectivity index (χ4v) is 3.37. The fourth-order valence-electron chi connectivity index (χ4n) is 3.37. The number of hydrogen-bond acceptors (Lipinski definition) is 7. The summed E-state index contributed by atoms with van der Waals surface area (Å²) in [6.45, 7) is 0. The molecule has 1 fully saturated rings. The zero-order valence-corrected chi connectivity index (χ0v) is 14.0. The molecule has 2 heterocycles. The van der Waals surface area contributed by atoms with Crippen LogP contribution < -0.4 is 9.64 Å². The van der Waals surface area contributed by atoms with Gasteiger partial charge in [0.05, 0.1) is 25.1 Å². The minimum absolute atomic E-state index is 0.184. The number of nitrogens with zero attached hydrogens (tertiary/aromatic N) is 5. The van der Waals surface area contributed by atoms with E-state index < -0.39 is 0 Å². The van der Waals surface area contributed by atoms with Crippen molar-refractivity contribution in [1.82, 2.24) is 25.4 Å². The van der Waals surface area contributed by atoms with Gasteiger partial charge in [0, 0.05) is 6.04 Å². The van der Waals surface area contributed by atoms with Gasteiger partial charge >= 0.3 is 0 Å². The third kappa shape index (κ3) is 3.00. The molecule has 0 bridgehead atoms. The Hall–Kier alpha value is -2.74. The van der Waals surface area contributed by atoms with E-state index in [2.05, 4.69) is 30.3 Å². The normalized spacial score (nSPS) is 20.6. The highest BCUT2D eigenvalue weighted by Crippen LogP contribution is 2.37. The van der Waals surface area contributed by atoms with E-state index in [-0.39, 0.29) is 12.1 Å². The average molecular weight is 340 g/mol. The second-order valence-electron chi connectivity index (χ2n) is 6.21. The van der Waals surface area contributed by atoms with Crippen LogP contribution in [0.3, 0.4) is 0 Å². The first-order valence-corrected chi connectivity index (χ1v) is 8.40. The molecule has 0 aliphatic heterocycles. The van der Waals surface area contributed by atoms with Gasteiger partial charge in [0.1, 0.15) is 11.3 Å². The highest BCUT2D eigenvalue weighted by atomic mass is 16.5. The predicted octanol–water partition coefficient (Wildman–Crippen LogP) is 2.20. The number of rotatable bonds is 4. The lowest BCUT2D eigenvalue weighted by Crippen LogP contribution is -2.37. The number of H-pyrrole nitrogens is 1. The summed E-state index contributed by atoms with van der Waals surface area (Å²) in [6.07, 6.45) is 4.69. The number of para-hydroxylation sites is 2. The Morgan fingerprint density at radius 1 is 1.16 bits per heavy atom. The molecule has 4 rings (SSSR count). The minimum Gasteiger partial charge on any atom is -0.495 e. The summed E-state index contributed by atoms with van der Waals surface area (Å²) in [6, 6.07) is 8.02. The van der Waals surface area contributed by atoms with Crippen molar-refractivity contribution in [2.75, 3.05) is 12.0 Å². The summed E-state index contributed by atoms with van der Waals surface area (Å²) in [5.74, 6) is 1.32. The monoisotopic (exact) mass is 340 g/mol. The van der Waals surface area contributed by atoms with E-state index in [9.17, 15) is 5.11 Å². The van der Waals surface area contributed by atoms with Crippen LogP contribution in [0.1, 0.15) is 25.7 Å². The van der Waals surface area contributed by atoms with Gasteiger partial charge < -0.3 is 14.7 Å². The Balaban J connectivity index is 1.79. The van der Waals surface area contributed by atoms with Gasteiger partial charge in [-0.2, -0.15) is 15.3 Å². The molecular formula is C17H20N6O2. The van der Waals surface area contributed by atoms with Crippen molar-refractivity contribution in [2.24, 2.45) is 0 Å². The first-order chi connectivity index (χ1) is 12.3. The first-order valence-electron chi connectivity index (χ1n) is 8.40. The molecule has 25 heavy (non-hydrogen) atoms. The van der Waals surface area contributed by atoms with E-state index in [0.717, 1.165) is 37.1 Å². The number of ether oxygens (including phenoxy) is 1. The van der Waals surface area contributed by atoms with Crippen LogP contribution in [0.15, 0.2) is 30.5 Å². The zero-order chi connectivity index (χ0) is 17.2. The number of hydrogen-bond donors (Lipinski definition) is 2. The summed E-state index contributed by atoms with van der Waals surface area (Å²) < 4.78 is 5.55. The average Bonchev–Trinajstić information content (AvgIpc) is 3.12. The smallest absolute Gasteiger partial charge is 0.232 e. The second kappa shape index (κ2) is 6.64. The van der Waals surface area contributed by atoms with Crippen molar-refractivity contribution in [3.05, 3.63) is 30.5 Å². The number of aliphatic hydroxyl groups is 1. The Bertz CT molecular complexity index is 859. The molecule has 130 valence electrons. The van der Waals surface area contributed by atoms with E-state index in [1.165, 1.54) is 0 Å². The molecule has 1 aromatic carbocycles. The van der Waals surface area contributed by atoms with E-state index in [4.69, 9.17) is 4.74 Å². The molecule has 0 amide bonds. The Labute approximate surface area is 144 Å². The summed E-state index contributed by atoms with van der Waals surface area (Å²) in [5.41, 5.74) is 2.07. The quantitative estimate of drug-likeness (QED) is 0.751. The highest BCUT2D eigenvalue weighted by molar-refractivity contribution is 5.72. The van der Waals surface area contributed by atoms with Gasteiger partial charge in [0.2, 0.25) is 11.6 Å². The van der Waals surface area contributed by atoms with Crippen molar-refractivity contribution < 1.29 is 9.84 Å².